The Balaban J connectivity index is 2.71. The second-order valence-corrected chi connectivity index (χ2v) is 6.19. The van der Waals surface area contributed by atoms with Gasteiger partial charge in [0.1, 0.15) is 0 Å². The van der Waals surface area contributed by atoms with Gasteiger partial charge in [-0.15, -0.1) is 0 Å². The van der Waals surface area contributed by atoms with Crippen LogP contribution in [0.2, 0.25) is 0 Å². The average molecular weight is 293 g/mol. The number of aryl methyl sites for hydroxylation is 1. The van der Waals surface area contributed by atoms with Crippen molar-refractivity contribution in [1.82, 2.24) is 18.7 Å². The van der Waals surface area contributed by atoms with Crippen molar-refractivity contribution in [3.8, 4) is 0 Å². The quantitative estimate of drug-likeness (QED) is 0.866. The molecule has 7 nitrogen and oxygen atoms in total. The summed E-state index contributed by atoms with van der Waals surface area (Å²) in [6.07, 6.45) is 3.42. The standard InChI is InChI=1S/C14H23N5O2/c1-5-6-7-19-11-10(12(20)17(4)13(19)21)18(9-16-11)8-14(2,3)15/h9H,5-8,15H2,1-4H3. The van der Waals surface area contributed by atoms with Crippen LogP contribution in [-0.4, -0.2) is 24.2 Å². The van der Waals surface area contributed by atoms with E-state index in [4.69, 9.17) is 5.73 Å². The average Bonchev–Trinajstić information content (AvgIpc) is 2.78. The first kappa shape index (κ1) is 15.5. The van der Waals surface area contributed by atoms with Crippen LogP contribution < -0.4 is 17.0 Å². The fraction of sp³-hybridized carbons (Fsp3) is 0.643. The van der Waals surface area contributed by atoms with Crippen molar-refractivity contribution in [2.75, 3.05) is 0 Å². The molecule has 0 aliphatic carbocycles. The van der Waals surface area contributed by atoms with Crippen LogP contribution in [-0.2, 0) is 20.1 Å². The van der Waals surface area contributed by atoms with Gasteiger partial charge >= 0.3 is 5.69 Å². The van der Waals surface area contributed by atoms with E-state index in [-0.39, 0.29) is 11.2 Å². The van der Waals surface area contributed by atoms with Crippen molar-refractivity contribution in [1.29, 1.82) is 0 Å². The Hall–Kier alpha value is -1.89. The minimum atomic E-state index is -0.469. The zero-order valence-electron chi connectivity index (χ0n) is 13.1. The van der Waals surface area contributed by atoms with Gasteiger partial charge in [-0.1, -0.05) is 13.3 Å². The lowest BCUT2D eigenvalue weighted by molar-refractivity contribution is 0.439. The summed E-state index contributed by atoms with van der Waals surface area (Å²) in [4.78, 5) is 28.9. The monoisotopic (exact) mass is 293 g/mol. The molecular formula is C14H23N5O2. The first-order valence-corrected chi connectivity index (χ1v) is 7.20. The first-order valence-electron chi connectivity index (χ1n) is 7.20. The highest BCUT2D eigenvalue weighted by atomic mass is 16.2. The molecule has 21 heavy (non-hydrogen) atoms. The summed E-state index contributed by atoms with van der Waals surface area (Å²) in [7, 11) is 1.50. The largest absolute Gasteiger partial charge is 0.332 e. The summed E-state index contributed by atoms with van der Waals surface area (Å²) in [5.41, 5.74) is 5.79. The smallest absolute Gasteiger partial charge is 0.324 e. The van der Waals surface area contributed by atoms with Gasteiger partial charge in [-0.3, -0.25) is 13.9 Å². The van der Waals surface area contributed by atoms with E-state index in [1.165, 1.54) is 7.05 Å². The number of hydrogen-bond acceptors (Lipinski definition) is 4. The predicted octanol–water partition coefficient (Wildman–Crippen LogP) is 0.434. The van der Waals surface area contributed by atoms with Gasteiger partial charge in [0, 0.05) is 25.7 Å². The lowest BCUT2D eigenvalue weighted by atomic mass is 10.1. The van der Waals surface area contributed by atoms with E-state index in [9.17, 15) is 9.59 Å². The Morgan fingerprint density at radius 1 is 1.33 bits per heavy atom. The van der Waals surface area contributed by atoms with Crippen molar-refractivity contribution in [2.45, 2.75) is 52.2 Å². The van der Waals surface area contributed by atoms with E-state index >= 15 is 0 Å². The molecule has 0 atom stereocenters. The van der Waals surface area contributed by atoms with Gasteiger partial charge in [0.05, 0.1) is 6.33 Å². The van der Waals surface area contributed by atoms with Crippen LogP contribution in [0.1, 0.15) is 33.6 Å². The lowest BCUT2D eigenvalue weighted by Gasteiger charge is -2.19. The van der Waals surface area contributed by atoms with Crippen LogP contribution in [0.5, 0.6) is 0 Å². The van der Waals surface area contributed by atoms with E-state index in [0.717, 1.165) is 17.4 Å². The molecule has 0 aromatic carbocycles. The molecule has 0 saturated heterocycles. The summed E-state index contributed by atoms with van der Waals surface area (Å²) in [6, 6.07) is 0. The lowest BCUT2D eigenvalue weighted by Crippen LogP contribution is -2.40. The highest BCUT2D eigenvalue weighted by molar-refractivity contribution is 5.70. The molecule has 2 heterocycles. The fourth-order valence-corrected chi connectivity index (χ4v) is 2.38. The molecule has 0 aliphatic heterocycles. The van der Waals surface area contributed by atoms with Gasteiger partial charge in [0.2, 0.25) is 0 Å². The summed E-state index contributed by atoms with van der Waals surface area (Å²) in [5, 5.41) is 0. The number of nitrogens with zero attached hydrogens (tertiary/aromatic N) is 4. The molecule has 2 N–H and O–H groups in total. The summed E-state index contributed by atoms with van der Waals surface area (Å²) < 4.78 is 4.44. The van der Waals surface area contributed by atoms with Crippen LogP contribution in [0.15, 0.2) is 15.9 Å². The minimum Gasteiger partial charge on any atom is -0.324 e. The second kappa shape index (κ2) is 5.48. The summed E-state index contributed by atoms with van der Waals surface area (Å²) >= 11 is 0. The molecule has 0 spiro atoms. The zero-order valence-corrected chi connectivity index (χ0v) is 13.1. The van der Waals surface area contributed by atoms with Gasteiger partial charge in [-0.05, 0) is 20.3 Å². The maximum atomic E-state index is 12.4. The third-order valence-electron chi connectivity index (χ3n) is 3.41. The topological polar surface area (TPSA) is 87.8 Å². The Morgan fingerprint density at radius 3 is 2.57 bits per heavy atom. The molecule has 116 valence electrons. The van der Waals surface area contributed by atoms with Crippen LogP contribution in [0.25, 0.3) is 11.2 Å². The molecule has 0 aliphatic rings. The van der Waals surface area contributed by atoms with Crippen molar-refractivity contribution in [2.24, 2.45) is 12.8 Å². The number of rotatable bonds is 5. The third kappa shape index (κ3) is 2.92. The van der Waals surface area contributed by atoms with Crippen LogP contribution in [0.4, 0.5) is 0 Å². The maximum Gasteiger partial charge on any atom is 0.332 e. The molecule has 0 bridgehead atoms. The van der Waals surface area contributed by atoms with Crippen LogP contribution in [0, 0.1) is 0 Å². The Bertz CT molecular complexity index is 760. The number of fused-ring (bicyclic) bond motifs is 1. The van der Waals surface area contributed by atoms with Crippen molar-refractivity contribution in [3.63, 3.8) is 0 Å². The molecular weight excluding hydrogens is 270 g/mol. The zero-order chi connectivity index (χ0) is 15.8. The van der Waals surface area contributed by atoms with Gasteiger partial charge in [0.15, 0.2) is 11.2 Å². The van der Waals surface area contributed by atoms with Gasteiger partial charge in [0.25, 0.3) is 5.56 Å². The second-order valence-electron chi connectivity index (χ2n) is 6.19. The molecule has 0 amide bonds. The van der Waals surface area contributed by atoms with Gasteiger partial charge < -0.3 is 10.3 Å². The molecule has 0 radical (unpaired) electrons. The molecule has 2 rings (SSSR count). The number of imidazole rings is 1. The summed E-state index contributed by atoms with van der Waals surface area (Å²) in [6.45, 7) is 6.85. The van der Waals surface area contributed by atoms with Crippen molar-refractivity contribution >= 4 is 11.2 Å². The number of unbranched alkanes of at least 4 members (excludes halogenated alkanes) is 1. The molecule has 2 aromatic rings. The van der Waals surface area contributed by atoms with Crippen molar-refractivity contribution in [3.05, 3.63) is 27.2 Å². The highest BCUT2D eigenvalue weighted by Crippen LogP contribution is 2.11. The molecule has 2 aromatic heterocycles. The van der Waals surface area contributed by atoms with Gasteiger partial charge in [-0.25, -0.2) is 9.78 Å². The van der Waals surface area contributed by atoms with Crippen molar-refractivity contribution < 1.29 is 0 Å². The summed E-state index contributed by atoms with van der Waals surface area (Å²) in [5.74, 6) is 0. The van der Waals surface area contributed by atoms with Crippen LogP contribution >= 0.6 is 0 Å². The SMILES string of the molecule is CCCCn1c(=O)n(C)c(=O)c2c1ncn2CC(C)(C)N. The maximum absolute atomic E-state index is 12.4. The Kier molecular flexibility index (Phi) is 4.04. The molecule has 0 unspecified atom stereocenters. The van der Waals surface area contributed by atoms with E-state index in [0.29, 0.717) is 24.3 Å². The number of hydrogen-bond donors (Lipinski definition) is 1. The predicted molar refractivity (Wildman–Crippen MR) is 82.4 cm³/mol. The van der Waals surface area contributed by atoms with Gasteiger partial charge in [-0.2, -0.15) is 0 Å². The number of nitrogens with two attached hydrogens (primary N) is 1. The minimum absolute atomic E-state index is 0.321. The molecule has 0 saturated carbocycles. The normalized spacial score (nSPS) is 12.2. The first-order chi connectivity index (χ1) is 9.76. The fourth-order valence-electron chi connectivity index (χ4n) is 2.38. The Morgan fingerprint density at radius 2 is 2.00 bits per heavy atom. The van der Waals surface area contributed by atoms with E-state index in [1.807, 2.05) is 13.8 Å². The molecule has 0 fully saturated rings. The van der Waals surface area contributed by atoms with E-state index in [1.54, 1.807) is 15.5 Å². The van der Waals surface area contributed by atoms with E-state index in [2.05, 4.69) is 11.9 Å². The van der Waals surface area contributed by atoms with Crippen LogP contribution in [0.3, 0.4) is 0 Å². The molecule has 7 heteroatoms. The Labute approximate surface area is 123 Å². The number of aromatic nitrogens is 4. The van der Waals surface area contributed by atoms with E-state index < -0.39 is 5.54 Å². The highest BCUT2D eigenvalue weighted by Gasteiger charge is 2.19. The third-order valence-corrected chi connectivity index (χ3v) is 3.41.